The summed E-state index contributed by atoms with van der Waals surface area (Å²) in [5.74, 6) is 0. The number of thiazole rings is 1. The van der Waals surface area contributed by atoms with E-state index in [0.717, 1.165) is 22.7 Å². The Morgan fingerprint density at radius 2 is 2.05 bits per heavy atom. The normalized spacial score (nSPS) is 12.7. The van der Waals surface area contributed by atoms with Crippen LogP contribution in [0.5, 0.6) is 0 Å². The van der Waals surface area contributed by atoms with Crippen molar-refractivity contribution in [3.8, 4) is 0 Å². The summed E-state index contributed by atoms with van der Waals surface area (Å²) in [7, 11) is 1.93. The lowest BCUT2D eigenvalue weighted by Gasteiger charge is -2.17. The number of hydrogen-bond acceptors (Lipinski definition) is 3. The third-order valence-corrected chi connectivity index (χ3v) is 4.80. The second kappa shape index (κ2) is 6.23. The Morgan fingerprint density at radius 3 is 2.58 bits per heavy atom. The summed E-state index contributed by atoms with van der Waals surface area (Å²) in [4.78, 5) is 5.85. The van der Waals surface area contributed by atoms with Gasteiger partial charge in [-0.25, -0.2) is 4.98 Å². The zero-order valence-corrected chi connectivity index (χ0v) is 13.5. The predicted molar refractivity (Wildman–Crippen MR) is 83.6 cm³/mol. The van der Waals surface area contributed by atoms with Crippen LogP contribution in [0.2, 0.25) is 10.0 Å². The monoisotopic (exact) mass is 314 g/mol. The van der Waals surface area contributed by atoms with E-state index in [1.54, 1.807) is 17.4 Å². The van der Waals surface area contributed by atoms with Crippen molar-refractivity contribution in [3.63, 3.8) is 0 Å². The van der Waals surface area contributed by atoms with Gasteiger partial charge >= 0.3 is 0 Å². The third-order valence-electron chi connectivity index (χ3n) is 3.14. The second-order valence-corrected chi connectivity index (χ2v) is 6.59. The highest BCUT2D eigenvalue weighted by atomic mass is 35.5. The number of rotatable bonds is 4. The van der Waals surface area contributed by atoms with E-state index in [1.165, 1.54) is 4.88 Å². The molecule has 1 unspecified atom stereocenters. The van der Waals surface area contributed by atoms with Gasteiger partial charge in [0.2, 0.25) is 0 Å². The molecule has 19 heavy (non-hydrogen) atoms. The maximum absolute atomic E-state index is 6.26. The summed E-state index contributed by atoms with van der Waals surface area (Å²) >= 11 is 13.9. The standard InChI is InChI=1S/C14H16Cl2N2S/c1-8-9(2)19-14(18-8)7-13(17-3)11-5-4-10(15)6-12(11)16/h4-6,13,17H,7H2,1-3H3. The highest BCUT2D eigenvalue weighted by molar-refractivity contribution is 7.11. The molecule has 0 fully saturated rings. The number of halogens is 2. The molecule has 0 amide bonds. The number of nitrogens with zero attached hydrogens (tertiary/aromatic N) is 1. The largest absolute Gasteiger partial charge is 0.313 e. The van der Waals surface area contributed by atoms with Crippen molar-refractivity contribution in [1.29, 1.82) is 0 Å². The molecule has 0 aliphatic carbocycles. The zero-order valence-electron chi connectivity index (χ0n) is 11.1. The number of hydrogen-bond donors (Lipinski definition) is 1. The van der Waals surface area contributed by atoms with Crippen LogP contribution in [0.4, 0.5) is 0 Å². The number of nitrogens with one attached hydrogen (secondary N) is 1. The summed E-state index contributed by atoms with van der Waals surface area (Å²) in [6.45, 7) is 4.14. The van der Waals surface area contributed by atoms with E-state index in [4.69, 9.17) is 23.2 Å². The van der Waals surface area contributed by atoms with Crippen LogP contribution >= 0.6 is 34.5 Å². The molecular formula is C14H16Cl2N2S. The molecule has 1 atom stereocenters. The first-order valence-electron chi connectivity index (χ1n) is 6.06. The van der Waals surface area contributed by atoms with Crippen molar-refractivity contribution in [2.24, 2.45) is 0 Å². The van der Waals surface area contributed by atoms with Gasteiger partial charge < -0.3 is 5.32 Å². The van der Waals surface area contributed by atoms with Crippen LogP contribution in [0, 0.1) is 13.8 Å². The molecule has 0 bridgehead atoms. The molecule has 5 heteroatoms. The lowest BCUT2D eigenvalue weighted by Crippen LogP contribution is -2.19. The molecule has 2 aromatic rings. The van der Waals surface area contributed by atoms with Crippen LogP contribution in [-0.4, -0.2) is 12.0 Å². The summed E-state index contributed by atoms with van der Waals surface area (Å²) in [5.41, 5.74) is 2.16. The van der Waals surface area contributed by atoms with Crippen molar-refractivity contribution in [2.45, 2.75) is 26.3 Å². The van der Waals surface area contributed by atoms with E-state index in [0.29, 0.717) is 10.0 Å². The van der Waals surface area contributed by atoms with Crippen molar-refractivity contribution >= 4 is 34.5 Å². The molecule has 2 rings (SSSR count). The van der Waals surface area contributed by atoms with Crippen molar-refractivity contribution in [2.75, 3.05) is 7.05 Å². The third kappa shape index (κ3) is 3.48. The minimum atomic E-state index is 0.148. The van der Waals surface area contributed by atoms with Crippen LogP contribution in [0.25, 0.3) is 0 Å². The van der Waals surface area contributed by atoms with Crippen molar-refractivity contribution < 1.29 is 0 Å². The highest BCUT2D eigenvalue weighted by Crippen LogP contribution is 2.29. The van der Waals surface area contributed by atoms with Crippen LogP contribution in [-0.2, 0) is 6.42 Å². The average Bonchev–Trinajstić information content (AvgIpc) is 2.66. The number of aryl methyl sites for hydroxylation is 2. The molecule has 0 radical (unpaired) electrons. The topological polar surface area (TPSA) is 24.9 Å². The van der Waals surface area contributed by atoms with Crippen molar-refractivity contribution in [1.82, 2.24) is 10.3 Å². The van der Waals surface area contributed by atoms with Crippen LogP contribution in [0.3, 0.4) is 0 Å². The first-order valence-corrected chi connectivity index (χ1v) is 7.63. The molecule has 0 spiro atoms. The van der Waals surface area contributed by atoms with Gasteiger partial charge in [0.05, 0.1) is 10.7 Å². The predicted octanol–water partition coefficient (Wildman–Crippen LogP) is 4.57. The first kappa shape index (κ1) is 14.8. The van der Waals surface area contributed by atoms with Gasteiger partial charge in [0.1, 0.15) is 0 Å². The number of likely N-dealkylation sites (N-methyl/N-ethyl adjacent to an activating group) is 1. The summed E-state index contributed by atoms with van der Waals surface area (Å²) in [6.07, 6.45) is 0.831. The van der Waals surface area contributed by atoms with Gasteiger partial charge in [0, 0.05) is 27.4 Å². The van der Waals surface area contributed by atoms with Crippen molar-refractivity contribution in [3.05, 3.63) is 49.4 Å². The van der Waals surface area contributed by atoms with Crippen LogP contribution in [0.1, 0.15) is 27.2 Å². The van der Waals surface area contributed by atoms with Gasteiger partial charge in [-0.15, -0.1) is 11.3 Å². The molecule has 1 aromatic carbocycles. The quantitative estimate of drug-likeness (QED) is 0.894. The molecule has 0 saturated heterocycles. The molecule has 0 saturated carbocycles. The van der Waals surface area contributed by atoms with Gasteiger partial charge in [0.25, 0.3) is 0 Å². The van der Waals surface area contributed by atoms with Gasteiger partial charge in [-0.3, -0.25) is 0 Å². The van der Waals surface area contributed by atoms with Gasteiger partial charge in [-0.05, 0) is 38.6 Å². The lowest BCUT2D eigenvalue weighted by atomic mass is 10.0. The molecule has 1 aromatic heterocycles. The molecule has 0 aliphatic rings. The smallest absolute Gasteiger partial charge is 0.0949 e. The lowest BCUT2D eigenvalue weighted by molar-refractivity contribution is 0.590. The minimum Gasteiger partial charge on any atom is -0.313 e. The molecule has 2 nitrogen and oxygen atoms in total. The Kier molecular flexibility index (Phi) is 4.85. The fourth-order valence-electron chi connectivity index (χ4n) is 1.95. The van der Waals surface area contributed by atoms with E-state index >= 15 is 0 Å². The maximum atomic E-state index is 6.26. The summed E-state index contributed by atoms with van der Waals surface area (Å²) < 4.78 is 0. The molecule has 1 heterocycles. The summed E-state index contributed by atoms with van der Waals surface area (Å²) in [5, 5.41) is 5.77. The zero-order chi connectivity index (χ0) is 14.0. The second-order valence-electron chi connectivity index (χ2n) is 4.46. The Hall–Kier alpha value is -0.610. The average molecular weight is 315 g/mol. The molecule has 0 aliphatic heterocycles. The van der Waals surface area contributed by atoms with E-state index in [2.05, 4.69) is 17.2 Å². The van der Waals surface area contributed by atoms with Crippen LogP contribution < -0.4 is 5.32 Å². The fraction of sp³-hybridized carbons (Fsp3) is 0.357. The molecule has 102 valence electrons. The fourth-order valence-corrected chi connectivity index (χ4v) is 3.47. The van der Waals surface area contributed by atoms with Gasteiger partial charge in [0.15, 0.2) is 0 Å². The number of aromatic nitrogens is 1. The van der Waals surface area contributed by atoms with E-state index in [1.807, 2.05) is 26.1 Å². The highest BCUT2D eigenvalue weighted by Gasteiger charge is 2.16. The Labute approximate surface area is 127 Å². The molecular weight excluding hydrogens is 299 g/mol. The Balaban J connectivity index is 2.24. The van der Waals surface area contributed by atoms with E-state index < -0.39 is 0 Å². The first-order chi connectivity index (χ1) is 9.01. The molecule has 1 N–H and O–H groups in total. The minimum absolute atomic E-state index is 0.148. The number of benzene rings is 1. The van der Waals surface area contributed by atoms with Crippen LogP contribution in [0.15, 0.2) is 18.2 Å². The van der Waals surface area contributed by atoms with Gasteiger partial charge in [-0.2, -0.15) is 0 Å². The van der Waals surface area contributed by atoms with E-state index in [-0.39, 0.29) is 6.04 Å². The Morgan fingerprint density at radius 1 is 1.32 bits per heavy atom. The van der Waals surface area contributed by atoms with E-state index in [9.17, 15) is 0 Å². The SMILES string of the molecule is CNC(Cc1nc(C)c(C)s1)c1ccc(Cl)cc1Cl. The maximum Gasteiger partial charge on any atom is 0.0949 e. The Bertz CT molecular complexity index is 561. The van der Waals surface area contributed by atoms with Gasteiger partial charge in [-0.1, -0.05) is 29.3 Å². The summed E-state index contributed by atoms with van der Waals surface area (Å²) in [6, 6.07) is 5.76.